The van der Waals surface area contributed by atoms with Crippen LogP contribution in [-0.4, -0.2) is 15.5 Å². The fraction of sp³-hybridized carbons (Fsp3) is 0.250. The maximum Gasteiger partial charge on any atom is 0.241 e. The van der Waals surface area contributed by atoms with E-state index in [1.54, 1.807) is 12.1 Å². The predicted molar refractivity (Wildman–Crippen MR) is 99.0 cm³/mol. The SMILES string of the molecule is COc1cc(Br)cc(S(=O)(=O)NCc2ccc3c(c2)CNC3)c1.Cl. The molecular formula is C16H18BrClN2O3S. The minimum atomic E-state index is -3.60. The molecule has 2 aromatic rings. The molecule has 0 atom stereocenters. The van der Waals surface area contributed by atoms with E-state index in [0.717, 1.165) is 18.7 Å². The first-order chi connectivity index (χ1) is 11.0. The highest BCUT2D eigenvalue weighted by Gasteiger charge is 2.17. The van der Waals surface area contributed by atoms with E-state index in [2.05, 4.69) is 26.0 Å². The van der Waals surface area contributed by atoms with E-state index < -0.39 is 10.0 Å². The van der Waals surface area contributed by atoms with Gasteiger partial charge in [-0.2, -0.15) is 0 Å². The van der Waals surface area contributed by atoms with Gasteiger partial charge in [0.2, 0.25) is 10.0 Å². The molecule has 8 heteroatoms. The molecule has 2 aromatic carbocycles. The van der Waals surface area contributed by atoms with Crippen molar-refractivity contribution >= 4 is 38.4 Å². The number of benzene rings is 2. The summed E-state index contributed by atoms with van der Waals surface area (Å²) in [4.78, 5) is 0.173. The summed E-state index contributed by atoms with van der Waals surface area (Å²) in [5.41, 5.74) is 3.44. The number of rotatable bonds is 5. The standard InChI is InChI=1S/C16H17BrN2O3S.ClH/c1-22-15-5-14(17)6-16(7-15)23(20,21)19-8-11-2-3-12-9-18-10-13(12)4-11;/h2-7,18-19H,8-10H2,1H3;1H. The van der Waals surface area contributed by atoms with Crippen LogP contribution in [0, 0.1) is 0 Å². The molecule has 0 fully saturated rings. The largest absolute Gasteiger partial charge is 0.497 e. The summed E-state index contributed by atoms with van der Waals surface area (Å²) in [5, 5.41) is 3.27. The van der Waals surface area contributed by atoms with Crippen molar-refractivity contribution in [2.75, 3.05) is 7.11 Å². The number of halogens is 2. The third-order valence-corrected chi connectivity index (χ3v) is 5.60. The Morgan fingerprint density at radius 3 is 2.67 bits per heavy atom. The Morgan fingerprint density at radius 2 is 1.92 bits per heavy atom. The lowest BCUT2D eigenvalue weighted by Crippen LogP contribution is -2.23. The highest BCUT2D eigenvalue weighted by Crippen LogP contribution is 2.24. The number of fused-ring (bicyclic) bond motifs is 1. The van der Waals surface area contributed by atoms with Crippen LogP contribution in [0.15, 0.2) is 45.8 Å². The minimum Gasteiger partial charge on any atom is -0.497 e. The van der Waals surface area contributed by atoms with Crippen LogP contribution in [0.25, 0.3) is 0 Å². The van der Waals surface area contributed by atoms with E-state index >= 15 is 0 Å². The molecule has 0 radical (unpaired) electrons. The number of hydrogen-bond acceptors (Lipinski definition) is 4. The summed E-state index contributed by atoms with van der Waals surface area (Å²) in [6, 6.07) is 10.8. The molecule has 24 heavy (non-hydrogen) atoms. The van der Waals surface area contributed by atoms with Gasteiger partial charge in [0.25, 0.3) is 0 Å². The van der Waals surface area contributed by atoms with Gasteiger partial charge in [-0.05, 0) is 28.8 Å². The summed E-state index contributed by atoms with van der Waals surface area (Å²) in [5.74, 6) is 0.489. The fourth-order valence-corrected chi connectivity index (χ4v) is 4.23. The summed E-state index contributed by atoms with van der Waals surface area (Å²) in [7, 11) is -2.10. The van der Waals surface area contributed by atoms with E-state index in [0.29, 0.717) is 10.2 Å². The molecule has 1 aliphatic rings. The minimum absolute atomic E-state index is 0. The maximum absolute atomic E-state index is 12.5. The average Bonchev–Trinajstić information content (AvgIpc) is 3.00. The molecule has 0 aromatic heterocycles. The van der Waals surface area contributed by atoms with Gasteiger partial charge in [0.05, 0.1) is 12.0 Å². The monoisotopic (exact) mass is 432 g/mol. The van der Waals surface area contributed by atoms with Crippen molar-refractivity contribution in [2.45, 2.75) is 24.5 Å². The van der Waals surface area contributed by atoms with Crippen LogP contribution in [0.1, 0.15) is 16.7 Å². The summed E-state index contributed by atoms with van der Waals surface area (Å²) < 4.78 is 33.3. The van der Waals surface area contributed by atoms with Gasteiger partial charge in [-0.3, -0.25) is 0 Å². The first kappa shape index (κ1) is 19.2. The van der Waals surface area contributed by atoms with Crippen LogP contribution in [0.2, 0.25) is 0 Å². The molecule has 0 saturated heterocycles. The summed E-state index contributed by atoms with van der Waals surface area (Å²) in [6.07, 6.45) is 0. The first-order valence-corrected chi connectivity index (χ1v) is 9.41. The first-order valence-electron chi connectivity index (χ1n) is 7.13. The number of hydrogen-bond donors (Lipinski definition) is 2. The number of nitrogens with one attached hydrogen (secondary N) is 2. The highest BCUT2D eigenvalue weighted by molar-refractivity contribution is 9.10. The van der Waals surface area contributed by atoms with E-state index in [9.17, 15) is 8.42 Å². The van der Waals surface area contributed by atoms with Gasteiger partial charge >= 0.3 is 0 Å². The lowest BCUT2D eigenvalue weighted by atomic mass is 10.1. The van der Waals surface area contributed by atoms with Crippen molar-refractivity contribution < 1.29 is 13.2 Å². The van der Waals surface area contributed by atoms with Gasteiger partial charge in [-0.25, -0.2) is 13.1 Å². The van der Waals surface area contributed by atoms with E-state index in [1.807, 2.05) is 18.2 Å². The quantitative estimate of drug-likeness (QED) is 0.761. The van der Waals surface area contributed by atoms with E-state index in [4.69, 9.17) is 4.74 Å². The molecule has 0 amide bonds. The molecule has 0 unspecified atom stereocenters. The van der Waals surface area contributed by atoms with Crippen molar-refractivity contribution in [1.82, 2.24) is 10.0 Å². The van der Waals surface area contributed by atoms with Crippen molar-refractivity contribution in [3.05, 3.63) is 57.6 Å². The zero-order chi connectivity index (χ0) is 16.4. The third-order valence-electron chi connectivity index (χ3n) is 3.76. The molecule has 0 bridgehead atoms. The van der Waals surface area contributed by atoms with Crippen LogP contribution in [0.3, 0.4) is 0 Å². The zero-order valence-electron chi connectivity index (χ0n) is 13.0. The maximum atomic E-state index is 12.5. The highest BCUT2D eigenvalue weighted by atomic mass is 79.9. The molecule has 3 rings (SSSR count). The summed E-state index contributed by atoms with van der Waals surface area (Å²) >= 11 is 3.30. The molecular weight excluding hydrogens is 416 g/mol. The number of methoxy groups -OCH3 is 1. The van der Waals surface area contributed by atoms with Crippen molar-refractivity contribution in [3.63, 3.8) is 0 Å². The molecule has 0 saturated carbocycles. The smallest absolute Gasteiger partial charge is 0.241 e. The second-order valence-electron chi connectivity index (χ2n) is 5.36. The van der Waals surface area contributed by atoms with Gasteiger partial charge in [0.1, 0.15) is 5.75 Å². The van der Waals surface area contributed by atoms with Gasteiger partial charge in [-0.15, -0.1) is 12.4 Å². The average molecular weight is 434 g/mol. The van der Waals surface area contributed by atoms with Crippen LogP contribution >= 0.6 is 28.3 Å². The number of sulfonamides is 1. The molecule has 1 aliphatic heterocycles. The van der Waals surface area contributed by atoms with Crippen LogP contribution < -0.4 is 14.8 Å². The van der Waals surface area contributed by atoms with E-state index in [1.165, 1.54) is 24.3 Å². The Hall–Kier alpha value is -1.12. The van der Waals surface area contributed by atoms with Crippen molar-refractivity contribution in [2.24, 2.45) is 0 Å². The van der Waals surface area contributed by atoms with E-state index in [-0.39, 0.29) is 23.8 Å². The normalized spacial score (nSPS) is 13.2. The van der Waals surface area contributed by atoms with Crippen LogP contribution in [0.4, 0.5) is 0 Å². The van der Waals surface area contributed by atoms with Crippen molar-refractivity contribution in [3.8, 4) is 5.75 Å². The van der Waals surface area contributed by atoms with Gasteiger partial charge < -0.3 is 10.1 Å². The van der Waals surface area contributed by atoms with Crippen LogP contribution in [0.5, 0.6) is 5.75 Å². The fourth-order valence-electron chi connectivity index (χ4n) is 2.53. The molecule has 5 nitrogen and oxygen atoms in total. The van der Waals surface area contributed by atoms with Gasteiger partial charge in [0.15, 0.2) is 0 Å². The number of ether oxygens (including phenoxy) is 1. The third kappa shape index (κ3) is 4.29. The molecule has 130 valence electrons. The molecule has 0 spiro atoms. The second kappa shape index (κ2) is 7.84. The predicted octanol–water partition coefficient (Wildman–Crippen LogP) is 2.96. The van der Waals surface area contributed by atoms with Crippen LogP contribution in [-0.2, 0) is 29.7 Å². The lowest BCUT2D eigenvalue weighted by molar-refractivity contribution is 0.413. The van der Waals surface area contributed by atoms with Crippen molar-refractivity contribution in [1.29, 1.82) is 0 Å². The molecule has 2 N–H and O–H groups in total. The topological polar surface area (TPSA) is 67.4 Å². The van der Waals surface area contributed by atoms with Gasteiger partial charge in [0, 0.05) is 30.2 Å². The zero-order valence-corrected chi connectivity index (χ0v) is 16.2. The Kier molecular flexibility index (Phi) is 6.28. The Balaban J connectivity index is 0.00000208. The Labute approximate surface area is 156 Å². The van der Waals surface area contributed by atoms with Gasteiger partial charge in [-0.1, -0.05) is 34.1 Å². The second-order valence-corrected chi connectivity index (χ2v) is 8.04. The summed E-state index contributed by atoms with van der Waals surface area (Å²) in [6.45, 7) is 1.96. The Bertz CT molecular complexity index is 843. The Morgan fingerprint density at radius 1 is 1.17 bits per heavy atom. The lowest BCUT2D eigenvalue weighted by Gasteiger charge is -2.10. The molecule has 0 aliphatic carbocycles. The molecule has 1 heterocycles.